The number of nitrogens with zero attached hydrogens (tertiary/aromatic N) is 1. The van der Waals surface area contributed by atoms with Crippen molar-refractivity contribution in [2.75, 3.05) is 0 Å². The molecule has 1 aromatic carbocycles. The Labute approximate surface area is 109 Å². The van der Waals surface area contributed by atoms with Crippen LogP contribution in [0.5, 0.6) is 0 Å². The summed E-state index contributed by atoms with van der Waals surface area (Å²) in [6.07, 6.45) is 3.64. The van der Waals surface area contributed by atoms with Crippen molar-refractivity contribution >= 4 is 23.9 Å². The third kappa shape index (κ3) is 2.54. The molecule has 0 saturated heterocycles. The lowest BCUT2D eigenvalue weighted by Crippen LogP contribution is -2.49. The quantitative estimate of drug-likeness (QED) is 0.384. The average Bonchev–Trinajstić information content (AvgIpc) is 2.30. The van der Waals surface area contributed by atoms with Crippen molar-refractivity contribution in [1.29, 1.82) is 0 Å². The summed E-state index contributed by atoms with van der Waals surface area (Å²) in [4.78, 5) is 22.2. The maximum absolute atomic E-state index is 11.0. The van der Waals surface area contributed by atoms with Crippen LogP contribution in [0.2, 0.25) is 0 Å². The van der Waals surface area contributed by atoms with Crippen LogP contribution in [-0.4, -0.2) is 16.7 Å². The Bertz CT molecular complexity index is 486. The van der Waals surface area contributed by atoms with E-state index in [1.807, 2.05) is 6.07 Å². The summed E-state index contributed by atoms with van der Waals surface area (Å²) in [5, 5.41) is 10.8. The summed E-state index contributed by atoms with van der Waals surface area (Å²) in [5.41, 5.74) is 0.304. The molecule has 0 amide bonds. The van der Waals surface area contributed by atoms with E-state index in [0.29, 0.717) is 5.56 Å². The number of hydrogen-bond acceptors (Lipinski definition) is 5. The number of benzene rings is 1. The zero-order valence-corrected chi connectivity index (χ0v) is 10.8. The van der Waals surface area contributed by atoms with Crippen LogP contribution in [0, 0.1) is 17.0 Å². The fraction of sp³-hybridized carbons (Fsp3) is 0.417. The van der Waals surface area contributed by atoms with Gasteiger partial charge in [0.05, 0.1) is 10.5 Å². The Kier molecular flexibility index (Phi) is 3.68. The Morgan fingerprint density at radius 3 is 2.72 bits per heavy atom. The van der Waals surface area contributed by atoms with Crippen LogP contribution in [-0.2, 0) is 4.79 Å². The van der Waals surface area contributed by atoms with Crippen molar-refractivity contribution in [2.24, 2.45) is 0 Å². The van der Waals surface area contributed by atoms with E-state index in [4.69, 9.17) is 0 Å². The van der Waals surface area contributed by atoms with Gasteiger partial charge in [-0.3, -0.25) is 10.1 Å². The van der Waals surface area contributed by atoms with Crippen molar-refractivity contribution in [3.8, 4) is 0 Å². The highest BCUT2D eigenvalue weighted by atomic mass is 32.2. The van der Waals surface area contributed by atoms with Crippen molar-refractivity contribution in [2.45, 2.75) is 36.6 Å². The molecule has 0 aromatic heterocycles. The fourth-order valence-corrected chi connectivity index (χ4v) is 2.69. The fourth-order valence-electron chi connectivity index (χ4n) is 1.81. The standard InChI is InChI=1S/C12H14N2O3S/c1-9-3-4-10(7-11(9)14(16)17)18-13-12(8-15)5-2-6-12/h3-4,7-8,13H,2,5-6H2,1H3. The highest BCUT2D eigenvalue weighted by Crippen LogP contribution is 2.34. The summed E-state index contributed by atoms with van der Waals surface area (Å²) in [7, 11) is 0. The lowest BCUT2D eigenvalue weighted by Gasteiger charge is -2.36. The summed E-state index contributed by atoms with van der Waals surface area (Å²) < 4.78 is 3.11. The summed E-state index contributed by atoms with van der Waals surface area (Å²) in [6, 6.07) is 5.07. The topological polar surface area (TPSA) is 72.2 Å². The van der Waals surface area contributed by atoms with Gasteiger partial charge in [-0.2, -0.15) is 0 Å². The van der Waals surface area contributed by atoms with E-state index in [0.717, 1.165) is 30.4 Å². The molecule has 0 spiro atoms. The molecule has 5 nitrogen and oxygen atoms in total. The van der Waals surface area contributed by atoms with Gasteiger partial charge in [0.15, 0.2) is 0 Å². The van der Waals surface area contributed by atoms with Crippen molar-refractivity contribution in [1.82, 2.24) is 4.72 Å². The molecule has 1 N–H and O–H groups in total. The van der Waals surface area contributed by atoms with E-state index >= 15 is 0 Å². The zero-order chi connectivity index (χ0) is 13.2. The first kappa shape index (κ1) is 13.0. The van der Waals surface area contributed by atoms with Gasteiger partial charge in [-0.1, -0.05) is 6.07 Å². The summed E-state index contributed by atoms with van der Waals surface area (Å²) in [5.74, 6) is 0. The minimum Gasteiger partial charge on any atom is -0.301 e. The number of carbonyl (C=O) groups is 1. The second-order valence-electron chi connectivity index (χ2n) is 4.54. The molecule has 96 valence electrons. The Hall–Kier alpha value is -1.40. The summed E-state index contributed by atoms with van der Waals surface area (Å²) in [6.45, 7) is 1.71. The predicted octanol–water partition coefficient (Wildman–Crippen LogP) is 2.62. The molecule has 0 heterocycles. The van der Waals surface area contributed by atoms with Crippen LogP contribution in [0.1, 0.15) is 24.8 Å². The van der Waals surface area contributed by atoms with Crippen LogP contribution < -0.4 is 4.72 Å². The van der Waals surface area contributed by atoms with E-state index in [2.05, 4.69) is 4.72 Å². The molecule has 18 heavy (non-hydrogen) atoms. The number of aldehydes is 1. The Balaban J connectivity index is 2.08. The van der Waals surface area contributed by atoms with Gasteiger partial charge in [-0.05, 0) is 44.2 Å². The number of aryl methyl sites for hydroxylation is 1. The van der Waals surface area contributed by atoms with Gasteiger partial charge in [-0.15, -0.1) is 0 Å². The molecule has 6 heteroatoms. The monoisotopic (exact) mass is 266 g/mol. The van der Waals surface area contributed by atoms with E-state index in [1.165, 1.54) is 18.0 Å². The van der Waals surface area contributed by atoms with Gasteiger partial charge in [0.25, 0.3) is 5.69 Å². The van der Waals surface area contributed by atoms with Crippen LogP contribution in [0.25, 0.3) is 0 Å². The highest BCUT2D eigenvalue weighted by Gasteiger charge is 2.36. The number of nitrogens with one attached hydrogen (secondary N) is 1. The first-order chi connectivity index (χ1) is 8.56. The smallest absolute Gasteiger partial charge is 0.273 e. The van der Waals surface area contributed by atoms with Gasteiger partial charge in [-0.25, -0.2) is 4.72 Å². The Morgan fingerprint density at radius 1 is 1.50 bits per heavy atom. The molecule has 1 aromatic rings. The lowest BCUT2D eigenvalue weighted by atomic mass is 9.79. The van der Waals surface area contributed by atoms with Crippen LogP contribution in [0.15, 0.2) is 23.1 Å². The summed E-state index contributed by atoms with van der Waals surface area (Å²) >= 11 is 1.28. The number of nitro benzene ring substituents is 1. The van der Waals surface area contributed by atoms with Crippen molar-refractivity contribution in [3.63, 3.8) is 0 Å². The third-order valence-electron chi connectivity index (χ3n) is 3.22. The molecule has 2 rings (SSSR count). The van der Waals surface area contributed by atoms with E-state index < -0.39 is 10.5 Å². The van der Waals surface area contributed by atoms with Gasteiger partial charge in [0.2, 0.25) is 0 Å². The third-order valence-corrected chi connectivity index (χ3v) is 4.22. The van der Waals surface area contributed by atoms with E-state index in [-0.39, 0.29) is 5.69 Å². The lowest BCUT2D eigenvalue weighted by molar-refractivity contribution is -0.385. The van der Waals surface area contributed by atoms with Gasteiger partial charge in [0.1, 0.15) is 6.29 Å². The number of carbonyl (C=O) groups excluding carboxylic acids is 1. The normalized spacial score (nSPS) is 16.9. The predicted molar refractivity (Wildman–Crippen MR) is 69.5 cm³/mol. The first-order valence-electron chi connectivity index (χ1n) is 5.72. The molecule has 0 unspecified atom stereocenters. The van der Waals surface area contributed by atoms with Gasteiger partial charge >= 0.3 is 0 Å². The zero-order valence-electron chi connectivity index (χ0n) is 10.0. The Morgan fingerprint density at radius 2 is 2.22 bits per heavy atom. The SMILES string of the molecule is Cc1ccc(SNC2(C=O)CCC2)cc1[N+](=O)[O-]. The number of nitro groups is 1. The second-order valence-corrected chi connectivity index (χ2v) is 5.42. The first-order valence-corrected chi connectivity index (χ1v) is 6.53. The molecule has 1 fully saturated rings. The maximum Gasteiger partial charge on any atom is 0.273 e. The van der Waals surface area contributed by atoms with E-state index in [1.54, 1.807) is 13.0 Å². The van der Waals surface area contributed by atoms with E-state index in [9.17, 15) is 14.9 Å². The van der Waals surface area contributed by atoms with Crippen molar-refractivity contribution in [3.05, 3.63) is 33.9 Å². The highest BCUT2D eigenvalue weighted by molar-refractivity contribution is 7.97. The molecule has 0 atom stereocenters. The van der Waals surface area contributed by atoms with Crippen LogP contribution >= 0.6 is 11.9 Å². The van der Waals surface area contributed by atoms with Crippen LogP contribution in [0.3, 0.4) is 0 Å². The average molecular weight is 266 g/mol. The number of hydrogen-bond donors (Lipinski definition) is 1. The molecule has 0 radical (unpaired) electrons. The van der Waals surface area contributed by atoms with Gasteiger partial charge in [0, 0.05) is 16.5 Å². The largest absolute Gasteiger partial charge is 0.301 e. The maximum atomic E-state index is 11.0. The molecule has 1 aliphatic rings. The second kappa shape index (κ2) is 5.07. The minimum atomic E-state index is -0.440. The molecular formula is C12H14N2O3S. The molecular weight excluding hydrogens is 252 g/mol. The van der Waals surface area contributed by atoms with Gasteiger partial charge < -0.3 is 4.79 Å². The molecule has 1 saturated carbocycles. The molecule has 1 aliphatic carbocycles. The van der Waals surface area contributed by atoms with Crippen LogP contribution in [0.4, 0.5) is 5.69 Å². The number of rotatable bonds is 5. The molecule has 0 bridgehead atoms. The van der Waals surface area contributed by atoms with Crippen molar-refractivity contribution < 1.29 is 9.72 Å². The molecule has 0 aliphatic heterocycles. The minimum absolute atomic E-state index is 0.107.